The minimum Gasteiger partial charge on any atom is -0.490 e. The average Bonchev–Trinajstić information content (AvgIpc) is 2.95. The van der Waals surface area contributed by atoms with Gasteiger partial charge in [-0.05, 0) is 6.92 Å². The summed E-state index contributed by atoms with van der Waals surface area (Å²) in [6.07, 6.45) is 5.39. The fraction of sp³-hybridized carbons (Fsp3) is 0.250. The molecule has 3 rings (SSSR count). The first kappa shape index (κ1) is 12.0. The van der Waals surface area contributed by atoms with E-state index in [-0.39, 0.29) is 0 Å². The van der Waals surface area contributed by atoms with Gasteiger partial charge in [0.25, 0.3) is 0 Å². The number of hydrogen-bond donors (Lipinski definition) is 0. The van der Waals surface area contributed by atoms with E-state index in [2.05, 4.69) is 15.2 Å². The van der Waals surface area contributed by atoms with Crippen molar-refractivity contribution in [2.24, 2.45) is 7.05 Å². The maximum absolute atomic E-state index is 6.02. The van der Waals surface area contributed by atoms with Crippen LogP contribution in [-0.2, 0) is 7.05 Å². The molecule has 19 heavy (non-hydrogen) atoms. The third-order valence-electron chi connectivity index (χ3n) is 2.70. The Balaban J connectivity index is 2.22. The molecule has 0 bridgehead atoms. The zero-order valence-corrected chi connectivity index (χ0v) is 11.3. The Morgan fingerprint density at radius 1 is 1.37 bits per heavy atom. The van der Waals surface area contributed by atoms with Crippen molar-refractivity contribution in [1.82, 2.24) is 24.4 Å². The molecule has 0 saturated carbocycles. The van der Waals surface area contributed by atoms with Crippen LogP contribution in [0, 0.1) is 0 Å². The highest BCUT2D eigenvalue weighted by Gasteiger charge is 2.13. The minimum absolute atomic E-state index is 0.360. The van der Waals surface area contributed by atoms with Gasteiger partial charge in [0.2, 0.25) is 0 Å². The van der Waals surface area contributed by atoms with E-state index in [1.165, 1.54) is 0 Å². The number of aromatic nitrogens is 5. The van der Waals surface area contributed by atoms with Gasteiger partial charge in [0.1, 0.15) is 0 Å². The monoisotopic (exact) mass is 277 g/mol. The number of rotatable bonds is 3. The molecule has 3 aromatic heterocycles. The summed E-state index contributed by atoms with van der Waals surface area (Å²) in [6.45, 7) is 2.46. The van der Waals surface area contributed by atoms with Crippen LogP contribution in [0.2, 0.25) is 5.15 Å². The van der Waals surface area contributed by atoms with Crippen molar-refractivity contribution in [1.29, 1.82) is 0 Å². The van der Waals surface area contributed by atoms with Crippen molar-refractivity contribution in [3.05, 3.63) is 29.8 Å². The van der Waals surface area contributed by atoms with Gasteiger partial charge in [-0.25, -0.2) is 9.50 Å². The number of halogens is 1. The lowest BCUT2D eigenvalue weighted by Gasteiger charge is -2.05. The molecule has 0 aliphatic rings. The predicted octanol–water partition coefficient (Wildman–Crippen LogP) is 2.18. The van der Waals surface area contributed by atoms with Crippen LogP contribution in [0.15, 0.2) is 24.7 Å². The van der Waals surface area contributed by atoms with Crippen LogP contribution in [0.4, 0.5) is 0 Å². The van der Waals surface area contributed by atoms with Gasteiger partial charge in [-0.15, -0.1) is 0 Å². The molecule has 0 unspecified atom stereocenters. The molecule has 0 aliphatic carbocycles. The summed E-state index contributed by atoms with van der Waals surface area (Å²) in [4.78, 5) is 4.34. The summed E-state index contributed by atoms with van der Waals surface area (Å²) in [5, 5.41) is 8.77. The highest BCUT2D eigenvalue weighted by atomic mass is 35.5. The molecule has 0 amide bonds. The van der Waals surface area contributed by atoms with E-state index in [4.69, 9.17) is 16.3 Å². The van der Waals surface area contributed by atoms with Crippen molar-refractivity contribution >= 4 is 17.2 Å². The third kappa shape index (κ3) is 2.04. The number of nitrogens with zero attached hydrogens (tertiary/aromatic N) is 5. The van der Waals surface area contributed by atoms with Crippen molar-refractivity contribution in [2.45, 2.75) is 6.92 Å². The Morgan fingerprint density at radius 3 is 2.89 bits per heavy atom. The van der Waals surface area contributed by atoms with Crippen LogP contribution >= 0.6 is 11.6 Å². The lowest BCUT2D eigenvalue weighted by atomic mass is 10.3. The average molecular weight is 278 g/mol. The Hall–Kier alpha value is -2.08. The van der Waals surface area contributed by atoms with Crippen molar-refractivity contribution in [3.63, 3.8) is 0 Å². The second-order valence-corrected chi connectivity index (χ2v) is 4.43. The molecular formula is C12H12ClN5O. The normalized spacial score (nSPS) is 11.1. The molecule has 3 aromatic rings. The van der Waals surface area contributed by atoms with Crippen molar-refractivity contribution in [3.8, 4) is 17.0 Å². The summed E-state index contributed by atoms with van der Waals surface area (Å²) >= 11 is 6.02. The summed E-state index contributed by atoms with van der Waals surface area (Å²) in [5.74, 6) is 0.623. The fourth-order valence-corrected chi connectivity index (χ4v) is 2.10. The Labute approximate surface area is 114 Å². The first-order chi connectivity index (χ1) is 9.19. The highest BCUT2D eigenvalue weighted by Crippen LogP contribution is 2.26. The van der Waals surface area contributed by atoms with E-state index in [0.717, 1.165) is 11.3 Å². The van der Waals surface area contributed by atoms with Gasteiger partial charge in [0.05, 0.1) is 24.7 Å². The number of fused-ring (bicyclic) bond motifs is 1. The van der Waals surface area contributed by atoms with E-state index >= 15 is 0 Å². The van der Waals surface area contributed by atoms with Crippen LogP contribution in [0.3, 0.4) is 0 Å². The van der Waals surface area contributed by atoms with E-state index < -0.39 is 0 Å². The summed E-state index contributed by atoms with van der Waals surface area (Å²) in [6, 6.07) is 1.67. The molecule has 0 N–H and O–H groups in total. The maximum Gasteiger partial charge on any atom is 0.197 e. The standard InChI is InChI=1S/C12H12ClN5O/c1-3-19-10-4-11(13)16-18-9(6-14-12(10)18)8-5-15-17(2)7-8/h4-7H,3H2,1-2H3. The zero-order valence-electron chi connectivity index (χ0n) is 10.5. The number of ether oxygens (including phenoxy) is 1. The van der Waals surface area contributed by atoms with Crippen LogP contribution in [0.25, 0.3) is 16.9 Å². The van der Waals surface area contributed by atoms with E-state index in [1.54, 1.807) is 27.7 Å². The third-order valence-corrected chi connectivity index (χ3v) is 2.89. The van der Waals surface area contributed by atoms with Gasteiger partial charge in [0.15, 0.2) is 16.5 Å². The van der Waals surface area contributed by atoms with Crippen LogP contribution < -0.4 is 4.74 Å². The molecule has 0 spiro atoms. The Kier molecular flexibility index (Phi) is 2.87. The van der Waals surface area contributed by atoms with Crippen molar-refractivity contribution < 1.29 is 4.74 Å². The summed E-state index contributed by atoms with van der Waals surface area (Å²) in [5.41, 5.74) is 2.39. The van der Waals surface area contributed by atoms with Gasteiger partial charge in [-0.1, -0.05) is 11.6 Å². The van der Waals surface area contributed by atoms with E-state index in [0.29, 0.717) is 23.2 Å². The second kappa shape index (κ2) is 4.55. The first-order valence-electron chi connectivity index (χ1n) is 5.85. The number of aryl methyl sites for hydroxylation is 1. The van der Waals surface area contributed by atoms with Gasteiger partial charge in [-0.3, -0.25) is 4.68 Å². The number of hydrogen-bond acceptors (Lipinski definition) is 4. The molecule has 3 heterocycles. The van der Waals surface area contributed by atoms with Crippen LogP contribution in [-0.4, -0.2) is 31.0 Å². The first-order valence-corrected chi connectivity index (χ1v) is 6.23. The smallest absolute Gasteiger partial charge is 0.197 e. The summed E-state index contributed by atoms with van der Waals surface area (Å²) in [7, 11) is 1.86. The summed E-state index contributed by atoms with van der Waals surface area (Å²) < 4.78 is 8.92. The molecule has 7 heteroatoms. The topological polar surface area (TPSA) is 57.2 Å². The molecule has 0 saturated heterocycles. The lowest BCUT2D eigenvalue weighted by molar-refractivity contribution is 0.341. The highest BCUT2D eigenvalue weighted by molar-refractivity contribution is 6.29. The number of imidazole rings is 1. The minimum atomic E-state index is 0.360. The van der Waals surface area contributed by atoms with Crippen molar-refractivity contribution in [2.75, 3.05) is 6.61 Å². The van der Waals surface area contributed by atoms with Crippen LogP contribution in [0.1, 0.15) is 6.92 Å². The largest absolute Gasteiger partial charge is 0.490 e. The van der Waals surface area contributed by atoms with Gasteiger partial charge in [0, 0.05) is 24.9 Å². The molecule has 0 aromatic carbocycles. The van der Waals surface area contributed by atoms with E-state index in [1.807, 2.05) is 20.2 Å². The molecular weight excluding hydrogens is 266 g/mol. The zero-order chi connectivity index (χ0) is 13.4. The molecule has 0 fully saturated rings. The SMILES string of the molecule is CCOc1cc(Cl)nn2c(-c3cnn(C)c3)cnc12. The second-order valence-electron chi connectivity index (χ2n) is 4.05. The predicted molar refractivity (Wildman–Crippen MR) is 71.4 cm³/mol. The molecule has 0 atom stereocenters. The van der Waals surface area contributed by atoms with Gasteiger partial charge in [-0.2, -0.15) is 10.2 Å². The Bertz CT molecular complexity index is 733. The Morgan fingerprint density at radius 2 is 2.21 bits per heavy atom. The quantitative estimate of drug-likeness (QED) is 0.736. The van der Waals surface area contributed by atoms with Gasteiger partial charge >= 0.3 is 0 Å². The van der Waals surface area contributed by atoms with Gasteiger partial charge < -0.3 is 4.74 Å². The van der Waals surface area contributed by atoms with E-state index in [9.17, 15) is 0 Å². The lowest BCUT2D eigenvalue weighted by Crippen LogP contribution is -1.99. The van der Waals surface area contributed by atoms with Crippen LogP contribution in [0.5, 0.6) is 5.75 Å². The molecule has 0 radical (unpaired) electrons. The molecule has 0 aliphatic heterocycles. The molecule has 98 valence electrons. The fourth-order valence-electron chi connectivity index (χ4n) is 1.92. The maximum atomic E-state index is 6.02. The molecule has 6 nitrogen and oxygen atoms in total.